The van der Waals surface area contributed by atoms with Gasteiger partial charge in [0.2, 0.25) is 0 Å². The molecule has 0 atom stereocenters. The Morgan fingerprint density at radius 2 is 1.72 bits per heavy atom. The molecule has 0 saturated heterocycles. The van der Waals surface area contributed by atoms with Crippen LogP contribution in [0.5, 0.6) is 11.5 Å². The van der Waals surface area contributed by atoms with Crippen LogP contribution in [-0.2, 0) is 10.2 Å². The van der Waals surface area contributed by atoms with Crippen LogP contribution in [0.4, 0.5) is 4.39 Å². The maximum absolute atomic E-state index is 13.6. The second-order valence-electron chi connectivity index (χ2n) is 7.50. The van der Waals surface area contributed by atoms with Gasteiger partial charge in [-0.2, -0.15) is 0 Å². The van der Waals surface area contributed by atoms with Gasteiger partial charge in [-0.1, -0.05) is 17.8 Å². The van der Waals surface area contributed by atoms with Crippen molar-refractivity contribution in [1.82, 2.24) is 14.8 Å². The first kappa shape index (κ1) is 24.0. The Hall–Kier alpha value is -2.62. The zero-order valence-corrected chi connectivity index (χ0v) is 19.5. The summed E-state index contributed by atoms with van der Waals surface area (Å²) in [6.45, 7) is 4.85. The Morgan fingerprint density at radius 3 is 2.38 bits per heavy atom. The zero-order chi connectivity index (χ0) is 23.1. The largest absolute Gasteiger partial charge is 0.493 e. The van der Waals surface area contributed by atoms with Gasteiger partial charge in [0.15, 0.2) is 16.7 Å². The molecule has 9 heteroatoms. The number of aliphatic hydroxyl groups is 1. The molecule has 1 heterocycles. The number of aliphatic hydroxyl groups excluding tert-OH is 1. The van der Waals surface area contributed by atoms with Crippen LogP contribution in [0.25, 0.3) is 5.69 Å². The molecule has 1 aromatic heterocycles. The van der Waals surface area contributed by atoms with Crippen LogP contribution in [0.15, 0.2) is 47.6 Å². The van der Waals surface area contributed by atoms with E-state index in [2.05, 4.69) is 24.0 Å². The van der Waals surface area contributed by atoms with Gasteiger partial charge in [-0.25, -0.2) is 4.39 Å². The van der Waals surface area contributed by atoms with Crippen molar-refractivity contribution in [3.63, 3.8) is 0 Å². The number of thioether (sulfide) groups is 1. The molecule has 0 aliphatic carbocycles. The van der Waals surface area contributed by atoms with Gasteiger partial charge in [0.25, 0.3) is 0 Å². The second kappa shape index (κ2) is 10.8. The molecule has 0 saturated carbocycles. The predicted octanol–water partition coefficient (Wildman–Crippen LogP) is 3.85. The number of rotatable bonds is 11. The SMILES string of the molecule is COc1ccc(C(C)(C)c2nnc(SCCOCCO)n2-c2ccc(F)cc2)cc1OC. The van der Waals surface area contributed by atoms with Gasteiger partial charge >= 0.3 is 0 Å². The van der Waals surface area contributed by atoms with Gasteiger partial charge in [0.05, 0.1) is 39.5 Å². The third-order valence-electron chi connectivity index (χ3n) is 5.08. The summed E-state index contributed by atoms with van der Waals surface area (Å²) in [7, 11) is 3.20. The molecule has 0 aliphatic heterocycles. The number of nitrogens with zero attached hydrogens (tertiary/aromatic N) is 3. The van der Waals surface area contributed by atoms with Crippen LogP contribution in [-0.4, -0.2) is 59.7 Å². The highest BCUT2D eigenvalue weighted by atomic mass is 32.2. The summed E-state index contributed by atoms with van der Waals surface area (Å²) >= 11 is 1.49. The minimum absolute atomic E-state index is 0.0138. The number of aromatic nitrogens is 3. The Labute approximate surface area is 191 Å². The Morgan fingerprint density at radius 1 is 1.00 bits per heavy atom. The van der Waals surface area contributed by atoms with Crippen molar-refractivity contribution >= 4 is 11.8 Å². The smallest absolute Gasteiger partial charge is 0.195 e. The van der Waals surface area contributed by atoms with E-state index in [0.29, 0.717) is 41.4 Å². The van der Waals surface area contributed by atoms with Crippen LogP contribution in [0.2, 0.25) is 0 Å². The fourth-order valence-corrected chi connectivity index (χ4v) is 4.11. The lowest BCUT2D eigenvalue weighted by molar-refractivity contribution is 0.103. The molecule has 172 valence electrons. The number of hydrogen-bond acceptors (Lipinski definition) is 7. The molecule has 0 spiro atoms. The fourth-order valence-electron chi connectivity index (χ4n) is 3.30. The van der Waals surface area contributed by atoms with Crippen molar-refractivity contribution in [2.45, 2.75) is 24.4 Å². The Kier molecular flexibility index (Phi) is 8.11. The van der Waals surface area contributed by atoms with Crippen LogP contribution < -0.4 is 9.47 Å². The van der Waals surface area contributed by atoms with E-state index < -0.39 is 5.41 Å². The summed E-state index contributed by atoms with van der Waals surface area (Å²) in [6, 6.07) is 12.0. The molecule has 3 aromatic rings. The van der Waals surface area contributed by atoms with E-state index in [1.165, 1.54) is 23.9 Å². The molecule has 0 bridgehead atoms. The van der Waals surface area contributed by atoms with E-state index >= 15 is 0 Å². The highest BCUT2D eigenvalue weighted by Crippen LogP contribution is 2.38. The quantitative estimate of drug-likeness (QED) is 0.343. The molecule has 0 aliphatic rings. The standard InChI is InChI=1S/C23H28FN3O4S/c1-23(2,16-5-10-19(29-3)20(15-16)30-4)21-25-26-22(32-14-13-31-12-11-28)27(21)18-8-6-17(24)7-9-18/h5-10,15,28H,11-14H2,1-4H3. The average molecular weight is 462 g/mol. The van der Waals surface area contributed by atoms with Crippen LogP contribution >= 0.6 is 11.8 Å². The van der Waals surface area contributed by atoms with Crippen LogP contribution in [0, 0.1) is 5.82 Å². The van der Waals surface area contributed by atoms with Crippen molar-refractivity contribution in [3.8, 4) is 17.2 Å². The minimum Gasteiger partial charge on any atom is -0.493 e. The number of benzene rings is 2. The molecule has 0 amide bonds. The molecule has 0 unspecified atom stereocenters. The summed E-state index contributed by atoms with van der Waals surface area (Å²) in [5.41, 5.74) is 1.18. The molecule has 0 radical (unpaired) electrons. The first-order valence-electron chi connectivity index (χ1n) is 10.2. The lowest BCUT2D eigenvalue weighted by atomic mass is 9.83. The molecular formula is C23H28FN3O4S. The van der Waals surface area contributed by atoms with Crippen molar-refractivity contribution in [2.24, 2.45) is 0 Å². The van der Waals surface area contributed by atoms with E-state index in [9.17, 15) is 4.39 Å². The summed E-state index contributed by atoms with van der Waals surface area (Å²) < 4.78 is 31.7. The first-order chi connectivity index (χ1) is 15.4. The van der Waals surface area contributed by atoms with Crippen molar-refractivity contribution in [2.75, 3.05) is 39.8 Å². The van der Waals surface area contributed by atoms with Crippen molar-refractivity contribution in [1.29, 1.82) is 0 Å². The molecule has 3 rings (SSSR count). The summed E-state index contributed by atoms with van der Waals surface area (Å²) in [5.74, 6) is 2.30. The number of methoxy groups -OCH3 is 2. The summed E-state index contributed by atoms with van der Waals surface area (Å²) in [5, 5.41) is 18.5. The average Bonchev–Trinajstić information content (AvgIpc) is 3.23. The van der Waals surface area contributed by atoms with Gasteiger partial charge in [0.1, 0.15) is 11.6 Å². The van der Waals surface area contributed by atoms with Gasteiger partial charge < -0.3 is 19.3 Å². The number of hydrogen-bond donors (Lipinski definition) is 1. The first-order valence-corrected chi connectivity index (χ1v) is 11.2. The normalized spacial score (nSPS) is 11.6. The molecule has 1 N–H and O–H groups in total. The Bertz CT molecular complexity index is 1020. The van der Waals surface area contributed by atoms with E-state index in [1.54, 1.807) is 26.4 Å². The third kappa shape index (κ3) is 5.23. The highest BCUT2D eigenvalue weighted by Gasteiger charge is 2.32. The number of halogens is 1. The summed E-state index contributed by atoms with van der Waals surface area (Å²) in [6.07, 6.45) is 0. The second-order valence-corrected chi connectivity index (χ2v) is 8.56. The third-order valence-corrected chi connectivity index (χ3v) is 5.97. The minimum atomic E-state index is -0.548. The lowest BCUT2D eigenvalue weighted by Crippen LogP contribution is -2.24. The molecule has 32 heavy (non-hydrogen) atoms. The van der Waals surface area contributed by atoms with Gasteiger partial charge in [-0.05, 0) is 55.8 Å². The number of ether oxygens (including phenoxy) is 3. The van der Waals surface area contributed by atoms with Gasteiger partial charge in [-0.15, -0.1) is 10.2 Å². The van der Waals surface area contributed by atoms with Crippen molar-refractivity contribution < 1.29 is 23.7 Å². The zero-order valence-electron chi connectivity index (χ0n) is 18.7. The Balaban J connectivity index is 2.02. The topological polar surface area (TPSA) is 78.6 Å². The highest BCUT2D eigenvalue weighted by molar-refractivity contribution is 7.99. The van der Waals surface area contributed by atoms with Crippen LogP contribution in [0.3, 0.4) is 0 Å². The molecule has 7 nitrogen and oxygen atoms in total. The molecule has 2 aromatic carbocycles. The molecular weight excluding hydrogens is 433 g/mol. The predicted molar refractivity (Wildman–Crippen MR) is 122 cm³/mol. The fraction of sp³-hybridized carbons (Fsp3) is 0.391. The van der Waals surface area contributed by atoms with Crippen molar-refractivity contribution in [3.05, 3.63) is 59.7 Å². The van der Waals surface area contributed by atoms with E-state index in [4.69, 9.17) is 19.3 Å². The van der Waals surface area contributed by atoms with Crippen LogP contribution in [0.1, 0.15) is 25.2 Å². The summed E-state index contributed by atoms with van der Waals surface area (Å²) in [4.78, 5) is 0. The monoisotopic (exact) mass is 461 g/mol. The lowest BCUT2D eigenvalue weighted by Gasteiger charge is -2.26. The van der Waals surface area contributed by atoms with Gasteiger partial charge in [-0.3, -0.25) is 4.57 Å². The maximum Gasteiger partial charge on any atom is 0.195 e. The molecule has 0 fully saturated rings. The maximum atomic E-state index is 13.6. The van der Waals surface area contributed by atoms with E-state index in [0.717, 1.165) is 11.3 Å². The van der Waals surface area contributed by atoms with Gasteiger partial charge in [0, 0.05) is 11.4 Å². The van der Waals surface area contributed by atoms with E-state index in [-0.39, 0.29) is 12.4 Å². The van der Waals surface area contributed by atoms with E-state index in [1.807, 2.05) is 22.8 Å².